The van der Waals surface area contributed by atoms with Gasteiger partial charge < -0.3 is 5.32 Å². The van der Waals surface area contributed by atoms with Gasteiger partial charge in [-0.1, -0.05) is 12.1 Å². The Bertz CT molecular complexity index is 821. The van der Waals surface area contributed by atoms with E-state index >= 15 is 0 Å². The molecule has 2 aromatic carbocycles. The number of halogens is 1. The average Bonchev–Trinajstić information content (AvgIpc) is 2.76. The van der Waals surface area contributed by atoms with Gasteiger partial charge in [0.1, 0.15) is 5.82 Å². The summed E-state index contributed by atoms with van der Waals surface area (Å²) in [6, 6.07) is 12.6. The molecular weight excluding hydrogens is 285 g/mol. The van der Waals surface area contributed by atoms with Crippen molar-refractivity contribution in [2.75, 3.05) is 5.32 Å². The first-order valence-corrected chi connectivity index (χ1v) is 7.43. The maximum absolute atomic E-state index is 13.4. The van der Waals surface area contributed by atoms with Crippen molar-refractivity contribution in [2.24, 2.45) is 0 Å². The normalized spacial score (nSPS) is 10.8. The molecule has 3 aromatic rings. The summed E-state index contributed by atoms with van der Waals surface area (Å²) in [6.07, 6.45) is 0. The van der Waals surface area contributed by atoms with Crippen molar-refractivity contribution in [3.8, 4) is 10.4 Å². The molecule has 1 amide bonds. The molecule has 106 valence electrons. The molecule has 0 unspecified atom stereocenters. The third-order valence-corrected chi connectivity index (χ3v) is 4.69. The molecule has 0 radical (unpaired) electrons. The average molecular weight is 299 g/mol. The first-order chi connectivity index (χ1) is 10.0. The summed E-state index contributed by atoms with van der Waals surface area (Å²) in [4.78, 5) is 12.2. The summed E-state index contributed by atoms with van der Waals surface area (Å²) < 4.78 is 14.4. The molecule has 0 aliphatic heterocycles. The Morgan fingerprint density at radius 1 is 1.14 bits per heavy atom. The number of fused-ring (bicyclic) bond motifs is 1. The van der Waals surface area contributed by atoms with Crippen LogP contribution >= 0.6 is 11.3 Å². The van der Waals surface area contributed by atoms with E-state index in [1.165, 1.54) is 13.0 Å². The number of aryl methyl sites for hydroxylation is 1. The van der Waals surface area contributed by atoms with Gasteiger partial charge in [0, 0.05) is 22.2 Å². The minimum absolute atomic E-state index is 0.0868. The number of anilines is 1. The smallest absolute Gasteiger partial charge is 0.221 e. The van der Waals surface area contributed by atoms with Gasteiger partial charge in [0.25, 0.3) is 0 Å². The highest BCUT2D eigenvalue weighted by molar-refractivity contribution is 7.22. The van der Waals surface area contributed by atoms with Crippen LogP contribution in [0.4, 0.5) is 10.1 Å². The van der Waals surface area contributed by atoms with Gasteiger partial charge in [-0.2, -0.15) is 0 Å². The number of thiophene rings is 1. The zero-order valence-corrected chi connectivity index (χ0v) is 12.6. The Hall–Kier alpha value is -2.20. The number of rotatable bonds is 2. The van der Waals surface area contributed by atoms with Crippen molar-refractivity contribution in [3.63, 3.8) is 0 Å². The van der Waals surface area contributed by atoms with Gasteiger partial charge in [0.15, 0.2) is 0 Å². The predicted molar refractivity (Wildman–Crippen MR) is 86.3 cm³/mol. The summed E-state index contributed by atoms with van der Waals surface area (Å²) in [6.45, 7) is 3.49. The molecular formula is C17H14FNOS. The fourth-order valence-corrected chi connectivity index (χ4v) is 3.57. The second-order valence-corrected chi connectivity index (χ2v) is 6.01. The lowest BCUT2D eigenvalue weighted by Gasteiger charge is -2.04. The van der Waals surface area contributed by atoms with Crippen LogP contribution < -0.4 is 5.32 Å². The number of amides is 1. The summed E-state index contributed by atoms with van der Waals surface area (Å²) in [7, 11) is 0. The molecule has 2 nitrogen and oxygen atoms in total. The van der Waals surface area contributed by atoms with Crippen molar-refractivity contribution < 1.29 is 9.18 Å². The van der Waals surface area contributed by atoms with Crippen LogP contribution in [0, 0.1) is 12.7 Å². The predicted octanol–water partition coefficient (Wildman–Crippen LogP) is 4.97. The molecule has 0 atom stereocenters. The van der Waals surface area contributed by atoms with Crippen molar-refractivity contribution in [1.82, 2.24) is 0 Å². The number of carbonyl (C=O) groups excluding carboxylic acids is 1. The van der Waals surface area contributed by atoms with Crippen molar-refractivity contribution >= 4 is 33.0 Å². The third-order valence-electron chi connectivity index (χ3n) is 3.37. The zero-order valence-electron chi connectivity index (χ0n) is 11.7. The van der Waals surface area contributed by atoms with E-state index in [-0.39, 0.29) is 11.7 Å². The first kappa shape index (κ1) is 13.8. The van der Waals surface area contributed by atoms with Crippen LogP contribution in [-0.4, -0.2) is 5.91 Å². The minimum atomic E-state index is -0.212. The van der Waals surface area contributed by atoms with Gasteiger partial charge in [0.05, 0.1) is 0 Å². The van der Waals surface area contributed by atoms with Crippen LogP contribution in [0.5, 0.6) is 0 Å². The lowest BCUT2D eigenvalue weighted by Crippen LogP contribution is -2.05. The third kappa shape index (κ3) is 2.67. The topological polar surface area (TPSA) is 29.1 Å². The molecule has 0 saturated heterocycles. The van der Waals surface area contributed by atoms with Crippen molar-refractivity contribution in [2.45, 2.75) is 13.8 Å². The van der Waals surface area contributed by atoms with Crippen LogP contribution in [0.15, 0.2) is 42.5 Å². The number of hydrogen-bond acceptors (Lipinski definition) is 2. The van der Waals surface area contributed by atoms with Crippen molar-refractivity contribution in [1.29, 1.82) is 0 Å². The molecule has 4 heteroatoms. The van der Waals surface area contributed by atoms with Gasteiger partial charge in [0.2, 0.25) is 5.91 Å². The Labute approximate surface area is 126 Å². The molecule has 0 aliphatic rings. The van der Waals surface area contributed by atoms with E-state index in [9.17, 15) is 9.18 Å². The highest BCUT2D eigenvalue weighted by Gasteiger charge is 2.11. The van der Waals surface area contributed by atoms with E-state index in [0.717, 1.165) is 31.8 Å². The minimum Gasteiger partial charge on any atom is -0.326 e. The van der Waals surface area contributed by atoms with E-state index in [2.05, 4.69) is 5.32 Å². The zero-order chi connectivity index (χ0) is 15.0. The maximum atomic E-state index is 13.4. The number of nitrogens with one attached hydrogen (secondary N) is 1. The quantitative estimate of drug-likeness (QED) is 0.711. The van der Waals surface area contributed by atoms with E-state index in [1.54, 1.807) is 17.4 Å². The van der Waals surface area contributed by atoms with Crippen LogP contribution in [0.25, 0.3) is 20.5 Å². The molecule has 0 fully saturated rings. The van der Waals surface area contributed by atoms with Gasteiger partial charge >= 0.3 is 0 Å². The molecule has 1 aromatic heterocycles. The Morgan fingerprint density at radius 3 is 2.52 bits per heavy atom. The first-order valence-electron chi connectivity index (χ1n) is 6.61. The van der Waals surface area contributed by atoms with Gasteiger partial charge in [-0.15, -0.1) is 11.3 Å². The lowest BCUT2D eigenvalue weighted by atomic mass is 10.1. The Morgan fingerprint density at radius 2 is 1.86 bits per heavy atom. The largest absolute Gasteiger partial charge is 0.326 e. The Kier molecular flexibility index (Phi) is 3.47. The summed E-state index contributed by atoms with van der Waals surface area (Å²) in [5.74, 6) is -0.299. The number of hydrogen-bond donors (Lipinski definition) is 1. The molecule has 0 spiro atoms. The molecule has 1 heterocycles. The monoisotopic (exact) mass is 299 g/mol. The van der Waals surface area contributed by atoms with Crippen LogP contribution in [0.2, 0.25) is 0 Å². The molecule has 0 saturated carbocycles. The van der Waals surface area contributed by atoms with Crippen LogP contribution in [0.1, 0.15) is 12.5 Å². The van der Waals surface area contributed by atoms with E-state index in [4.69, 9.17) is 0 Å². The summed E-state index contributed by atoms with van der Waals surface area (Å²) >= 11 is 1.65. The van der Waals surface area contributed by atoms with Crippen LogP contribution in [-0.2, 0) is 4.79 Å². The molecule has 21 heavy (non-hydrogen) atoms. The maximum Gasteiger partial charge on any atom is 0.221 e. The Balaban J connectivity index is 2.04. The molecule has 0 bridgehead atoms. The van der Waals surface area contributed by atoms with Crippen molar-refractivity contribution in [3.05, 3.63) is 53.8 Å². The van der Waals surface area contributed by atoms with Gasteiger partial charge in [-0.25, -0.2) is 4.39 Å². The second kappa shape index (κ2) is 5.30. The standard InChI is InChI=1S/C17H14FNOS/c1-10-15-9-13(18)5-8-16(15)21-17(10)12-3-6-14(7-4-12)19-11(2)20/h3-9H,1-2H3,(H,19,20). The number of benzene rings is 2. The fraction of sp³-hybridized carbons (Fsp3) is 0.118. The fourth-order valence-electron chi connectivity index (χ4n) is 2.38. The molecule has 1 N–H and O–H groups in total. The second-order valence-electron chi connectivity index (χ2n) is 4.96. The van der Waals surface area contributed by atoms with E-state index < -0.39 is 0 Å². The summed E-state index contributed by atoms with van der Waals surface area (Å²) in [5, 5.41) is 3.71. The highest BCUT2D eigenvalue weighted by Crippen LogP contribution is 2.38. The van der Waals surface area contributed by atoms with Crippen LogP contribution in [0.3, 0.4) is 0 Å². The number of carbonyl (C=O) groups is 1. The van der Waals surface area contributed by atoms with Gasteiger partial charge in [-0.05, 0) is 53.8 Å². The van der Waals surface area contributed by atoms with E-state index in [0.29, 0.717) is 0 Å². The lowest BCUT2D eigenvalue weighted by molar-refractivity contribution is -0.114. The molecule has 0 aliphatic carbocycles. The van der Waals surface area contributed by atoms with E-state index in [1.807, 2.05) is 37.3 Å². The van der Waals surface area contributed by atoms with Gasteiger partial charge in [-0.3, -0.25) is 4.79 Å². The molecule has 3 rings (SSSR count). The SMILES string of the molecule is CC(=O)Nc1ccc(-c2sc3ccc(F)cc3c2C)cc1. The highest BCUT2D eigenvalue weighted by atomic mass is 32.1. The summed E-state index contributed by atoms with van der Waals surface area (Å²) in [5.41, 5.74) is 2.93.